The van der Waals surface area contributed by atoms with E-state index in [-0.39, 0.29) is 5.91 Å². The summed E-state index contributed by atoms with van der Waals surface area (Å²) < 4.78 is 0. The van der Waals surface area contributed by atoms with Gasteiger partial charge in [-0.2, -0.15) is 0 Å². The number of carbonyl (C=O) groups excluding carboxylic acids is 1. The van der Waals surface area contributed by atoms with Crippen LogP contribution >= 0.6 is 0 Å². The lowest BCUT2D eigenvalue weighted by atomic mass is 9.95. The van der Waals surface area contributed by atoms with Gasteiger partial charge in [0.2, 0.25) is 5.91 Å². The molecule has 20 heavy (non-hydrogen) atoms. The van der Waals surface area contributed by atoms with Crippen LogP contribution in [0.4, 0.5) is 0 Å². The van der Waals surface area contributed by atoms with Gasteiger partial charge >= 0.3 is 0 Å². The molecule has 1 fully saturated rings. The molecule has 1 saturated heterocycles. The molecule has 0 radical (unpaired) electrons. The van der Waals surface area contributed by atoms with E-state index in [0.717, 1.165) is 26.1 Å². The molecule has 1 aromatic rings. The molecule has 2 unspecified atom stereocenters. The van der Waals surface area contributed by atoms with Crippen molar-refractivity contribution in [2.45, 2.75) is 45.6 Å². The second kappa shape index (κ2) is 6.89. The third-order valence-corrected chi connectivity index (χ3v) is 4.16. The predicted molar refractivity (Wildman–Crippen MR) is 82.9 cm³/mol. The molecule has 1 aromatic carbocycles. The Bertz CT molecular complexity index is 441. The SMILES string of the molecule is CCc1ccc(C(C)CC(=O)N2CCNC(C)C2)cc1. The molecule has 0 bridgehead atoms. The molecule has 0 aromatic heterocycles. The van der Waals surface area contributed by atoms with E-state index in [1.54, 1.807) is 0 Å². The average Bonchev–Trinajstić information content (AvgIpc) is 2.47. The normalized spacial score (nSPS) is 20.8. The molecule has 2 atom stereocenters. The summed E-state index contributed by atoms with van der Waals surface area (Å²) in [4.78, 5) is 14.3. The van der Waals surface area contributed by atoms with E-state index in [4.69, 9.17) is 0 Å². The lowest BCUT2D eigenvalue weighted by Gasteiger charge is -2.32. The minimum atomic E-state index is 0.283. The molecule has 110 valence electrons. The van der Waals surface area contributed by atoms with Crippen LogP contribution in [0.15, 0.2) is 24.3 Å². The van der Waals surface area contributed by atoms with Crippen LogP contribution in [0, 0.1) is 0 Å². The Kier molecular flexibility index (Phi) is 5.18. The number of nitrogens with zero attached hydrogens (tertiary/aromatic N) is 1. The van der Waals surface area contributed by atoms with E-state index in [1.807, 2.05) is 4.90 Å². The van der Waals surface area contributed by atoms with Crippen molar-refractivity contribution < 1.29 is 4.79 Å². The summed E-state index contributed by atoms with van der Waals surface area (Å²) in [6.07, 6.45) is 1.67. The molecule has 1 heterocycles. The summed E-state index contributed by atoms with van der Waals surface area (Å²) in [6.45, 7) is 9.02. The molecule has 0 spiro atoms. The van der Waals surface area contributed by atoms with E-state index in [9.17, 15) is 4.79 Å². The Balaban J connectivity index is 1.92. The first-order valence-corrected chi connectivity index (χ1v) is 7.70. The highest BCUT2D eigenvalue weighted by Crippen LogP contribution is 2.21. The zero-order chi connectivity index (χ0) is 14.5. The topological polar surface area (TPSA) is 32.3 Å². The Hall–Kier alpha value is -1.35. The van der Waals surface area contributed by atoms with Crippen LogP contribution in [0.2, 0.25) is 0 Å². The number of nitrogens with one attached hydrogen (secondary N) is 1. The van der Waals surface area contributed by atoms with E-state index < -0.39 is 0 Å². The van der Waals surface area contributed by atoms with Crippen LogP contribution in [0.25, 0.3) is 0 Å². The second-order valence-electron chi connectivity index (χ2n) is 5.90. The zero-order valence-corrected chi connectivity index (χ0v) is 12.9. The molecule has 1 aliphatic rings. The van der Waals surface area contributed by atoms with Gasteiger partial charge in [-0.15, -0.1) is 0 Å². The number of hydrogen-bond donors (Lipinski definition) is 1. The van der Waals surface area contributed by atoms with E-state index in [0.29, 0.717) is 18.4 Å². The number of benzene rings is 1. The van der Waals surface area contributed by atoms with Crippen molar-refractivity contribution in [2.75, 3.05) is 19.6 Å². The Labute approximate surface area is 122 Å². The van der Waals surface area contributed by atoms with Crippen LogP contribution in [0.5, 0.6) is 0 Å². The van der Waals surface area contributed by atoms with E-state index >= 15 is 0 Å². The minimum absolute atomic E-state index is 0.283. The summed E-state index contributed by atoms with van der Waals surface area (Å²) in [5.41, 5.74) is 2.61. The smallest absolute Gasteiger partial charge is 0.223 e. The summed E-state index contributed by atoms with van der Waals surface area (Å²) >= 11 is 0. The first kappa shape index (κ1) is 15.0. The van der Waals surface area contributed by atoms with Gasteiger partial charge in [-0.3, -0.25) is 4.79 Å². The zero-order valence-electron chi connectivity index (χ0n) is 12.9. The lowest BCUT2D eigenvalue weighted by molar-refractivity contribution is -0.132. The Morgan fingerprint density at radius 1 is 1.40 bits per heavy atom. The number of aryl methyl sites for hydroxylation is 1. The average molecular weight is 274 g/mol. The number of amides is 1. The van der Waals surface area contributed by atoms with Gasteiger partial charge in [0.15, 0.2) is 0 Å². The standard InChI is InChI=1S/C17H26N2O/c1-4-15-5-7-16(8-6-15)13(2)11-17(20)19-10-9-18-14(3)12-19/h5-8,13-14,18H,4,9-12H2,1-3H3. The highest BCUT2D eigenvalue weighted by atomic mass is 16.2. The van der Waals surface area contributed by atoms with E-state index in [2.05, 4.69) is 50.4 Å². The van der Waals surface area contributed by atoms with Crippen molar-refractivity contribution in [2.24, 2.45) is 0 Å². The molecular weight excluding hydrogens is 248 g/mol. The number of piperazine rings is 1. The Morgan fingerprint density at radius 3 is 2.70 bits per heavy atom. The summed E-state index contributed by atoms with van der Waals surface area (Å²) in [6, 6.07) is 9.08. The summed E-state index contributed by atoms with van der Waals surface area (Å²) in [5, 5.41) is 3.37. The largest absolute Gasteiger partial charge is 0.340 e. The molecule has 0 aliphatic carbocycles. The van der Waals surface area contributed by atoms with Crippen molar-refractivity contribution in [3.63, 3.8) is 0 Å². The van der Waals surface area contributed by atoms with Crippen LogP contribution < -0.4 is 5.32 Å². The molecule has 3 heteroatoms. The van der Waals surface area contributed by atoms with Gasteiger partial charge < -0.3 is 10.2 Å². The van der Waals surface area contributed by atoms with Crippen LogP contribution in [-0.2, 0) is 11.2 Å². The highest BCUT2D eigenvalue weighted by molar-refractivity contribution is 5.77. The fourth-order valence-corrected chi connectivity index (χ4v) is 2.75. The van der Waals surface area contributed by atoms with Crippen LogP contribution in [0.1, 0.15) is 44.2 Å². The van der Waals surface area contributed by atoms with E-state index in [1.165, 1.54) is 11.1 Å². The van der Waals surface area contributed by atoms with Crippen molar-refractivity contribution in [1.29, 1.82) is 0 Å². The van der Waals surface area contributed by atoms with Crippen molar-refractivity contribution >= 4 is 5.91 Å². The third-order valence-electron chi connectivity index (χ3n) is 4.16. The third kappa shape index (κ3) is 3.83. The quantitative estimate of drug-likeness (QED) is 0.915. The van der Waals surface area contributed by atoms with Gasteiger partial charge in [0.25, 0.3) is 0 Å². The summed E-state index contributed by atoms with van der Waals surface area (Å²) in [7, 11) is 0. The van der Waals surface area contributed by atoms with Gasteiger partial charge in [0.1, 0.15) is 0 Å². The molecule has 1 N–H and O–H groups in total. The fraction of sp³-hybridized carbons (Fsp3) is 0.588. The Morgan fingerprint density at radius 2 is 2.10 bits per heavy atom. The number of hydrogen-bond acceptors (Lipinski definition) is 2. The molecule has 0 saturated carbocycles. The van der Waals surface area contributed by atoms with Crippen LogP contribution in [-0.4, -0.2) is 36.5 Å². The van der Waals surface area contributed by atoms with Crippen LogP contribution in [0.3, 0.4) is 0 Å². The second-order valence-corrected chi connectivity index (χ2v) is 5.90. The monoisotopic (exact) mass is 274 g/mol. The highest BCUT2D eigenvalue weighted by Gasteiger charge is 2.22. The summed E-state index contributed by atoms with van der Waals surface area (Å²) in [5.74, 6) is 0.573. The minimum Gasteiger partial charge on any atom is -0.340 e. The van der Waals surface area contributed by atoms with Crippen molar-refractivity contribution in [3.8, 4) is 0 Å². The van der Waals surface area contributed by atoms with Gasteiger partial charge in [-0.05, 0) is 30.4 Å². The molecule has 1 aliphatic heterocycles. The fourth-order valence-electron chi connectivity index (χ4n) is 2.75. The predicted octanol–water partition coefficient (Wildman–Crippen LogP) is 2.56. The maximum atomic E-state index is 12.3. The van der Waals surface area contributed by atoms with Gasteiger partial charge in [-0.25, -0.2) is 0 Å². The molecular formula is C17H26N2O. The van der Waals surface area contributed by atoms with Gasteiger partial charge in [-0.1, -0.05) is 38.1 Å². The first-order chi connectivity index (χ1) is 9.60. The maximum Gasteiger partial charge on any atom is 0.223 e. The maximum absolute atomic E-state index is 12.3. The lowest BCUT2D eigenvalue weighted by Crippen LogP contribution is -2.51. The molecule has 3 nitrogen and oxygen atoms in total. The number of carbonyl (C=O) groups is 1. The molecule has 1 amide bonds. The van der Waals surface area contributed by atoms with Crippen molar-refractivity contribution in [3.05, 3.63) is 35.4 Å². The first-order valence-electron chi connectivity index (χ1n) is 7.70. The van der Waals surface area contributed by atoms with Gasteiger partial charge in [0, 0.05) is 32.1 Å². The van der Waals surface area contributed by atoms with Crippen molar-refractivity contribution in [1.82, 2.24) is 10.2 Å². The number of rotatable bonds is 4. The van der Waals surface area contributed by atoms with Gasteiger partial charge in [0.05, 0.1) is 0 Å². The molecule has 2 rings (SSSR count).